The van der Waals surface area contributed by atoms with Crippen LogP contribution >= 0.6 is 0 Å². The lowest BCUT2D eigenvalue weighted by atomic mass is 9.98. The summed E-state index contributed by atoms with van der Waals surface area (Å²) in [4.78, 5) is 0. The molecule has 2 nitrogen and oxygen atoms in total. The predicted molar refractivity (Wildman–Crippen MR) is 57.3 cm³/mol. The lowest BCUT2D eigenvalue weighted by Crippen LogP contribution is -2.17. The van der Waals surface area contributed by atoms with Crippen LogP contribution in [0.2, 0.25) is 0 Å². The largest absolute Gasteiger partial charge is 0.386 e. The van der Waals surface area contributed by atoms with Crippen LogP contribution in [0.5, 0.6) is 0 Å². The zero-order valence-electron chi connectivity index (χ0n) is 9.24. The maximum absolute atomic E-state index is 9.94. The van der Waals surface area contributed by atoms with Gasteiger partial charge in [0, 0.05) is 7.11 Å². The Morgan fingerprint density at radius 3 is 2.43 bits per heavy atom. The third kappa shape index (κ3) is 2.34. The molecule has 2 atom stereocenters. The highest BCUT2D eigenvalue weighted by Gasteiger charge is 2.17. The SMILES string of the molecule is COC(C)C(O)c1ccc(C)cc1C. The van der Waals surface area contributed by atoms with E-state index in [0.717, 1.165) is 11.1 Å². The number of methoxy groups -OCH3 is 1. The van der Waals surface area contributed by atoms with E-state index in [9.17, 15) is 5.11 Å². The topological polar surface area (TPSA) is 29.5 Å². The molecule has 1 N–H and O–H groups in total. The highest BCUT2D eigenvalue weighted by Crippen LogP contribution is 2.22. The van der Waals surface area contributed by atoms with Crippen molar-refractivity contribution in [1.29, 1.82) is 0 Å². The molecule has 0 saturated heterocycles. The molecule has 0 aliphatic rings. The standard InChI is InChI=1S/C12H18O2/c1-8-5-6-11(9(2)7-8)12(13)10(3)14-4/h5-7,10,12-13H,1-4H3. The Balaban J connectivity index is 2.95. The summed E-state index contributed by atoms with van der Waals surface area (Å²) in [5.41, 5.74) is 3.27. The molecule has 1 aromatic rings. The van der Waals surface area contributed by atoms with E-state index in [1.54, 1.807) is 7.11 Å². The maximum atomic E-state index is 9.94. The first-order chi connectivity index (χ1) is 6.56. The number of benzene rings is 1. The van der Waals surface area contributed by atoms with Gasteiger partial charge in [-0.1, -0.05) is 23.8 Å². The van der Waals surface area contributed by atoms with Gasteiger partial charge in [0.25, 0.3) is 0 Å². The fourth-order valence-corrected chi connectivity index (χ4v) is 1.54. The van der Waals surface area contributed by atoms with Gasteiger partial charge in [0.05, 0.1) is 6.10 Å². The van der Waals surface area contributed by atoms with E-state index in [-0.39, 0.29) is 6.10 Å². The van der Waals surface area contributed by atoms with Crippen LogP contribution in [-0.4, -0.2) is 18.3 Å². The smallest absolute Gasteiger partial charge is 0.105 e. The van der Waals surface area contributed by atoms with Gasteiger partial charge in [-0.05, 0) is 31.9 Å². The van der Waals surface area contributed by atoms with Crippen molar-refractivity contribution in [1.82, 2.24) is 0 Å². The summed E-state index contributed by atoms with van der Waals surface area (Å²) in [6.07, 6.45) is -0.711. The monoisotopic (exact) mass is 194 g/mol. The number of rotatable bonds is 3. The Bertz CT molecular complexity index is 307. The number of hydrogen-bond donors (Lipinski definition) is 1. The minimum atomic E-state index is -0.541. The summed E-state index contributed by atoms with van der Waals surface area (Å²) in [6.45, 7) is 5.92. The zero-order valence-corrected chi connectivity index (χ0v) is 9.24. The molecule has 2 unspecified atom stereocenters. The normalized spacial score (nSPS) is 15.2. The Kier molecular flexibility index (Phi) is 3.67. The molecule has 0 spiro atoms. The molecule has 0 heterocycles. The number of aliphatic hydroxyl groups excluding tert-OH is 1. The van der Waals surface area contributed by atoms with Crippen LogP contribution in [0.15, 0.2) is 18.2 Å². The quantitative estimate of drug-likeness (QED) is 0.800. The summed E-state index contributed by atoms with van der Waals surface area (Å²) >= 11 is 0. The zero-order chi connectivity index (χ0) is 10.7. The van der Waals surface area contributed by atoms with E-state index in [2.05, 4.69) is 6.07 Å². The number of hydrogen-bond acceptors (Lipinski definition) is 2. The number of aliphatic hydroxyl groups is 1. The molecular formula is C12H18O2. The second-order valence-electron chi connectivity index (χ2n) is 3.75. The van der Waals surface area contributed by atoms with Crippen LogP contribution in [0.25, 0.3) is 0 Å². The van der Waals surface area contributed by atoms with Gasteiger partial charge in [0.15, 0.2) is 0 Å². The molecule has 1 rings (SSSR count). The van der Waals surface area contributed by atoms with Gasteiger partial charge < -0.3 is 9.84 Å². The summed E-state index contributed by atoms with van der Waals surface area (Å²) in [7, 11) is 1.61. The third-order valence-electron chi connectivity index (χ3n) is 2.56. The fourth-order valence-electron chi connectivity index (χ4n) is 1.54. The van der Waals surface area contributed by atoms with Gasteiger partial charge in [0.2, 0.25) is 0 Å². The van der Waals surface area contributed by atoms with E-state index in [1.807, 2.05) is 32.9 Å². The number of ether oxygens (including phenoxy) is 1. The van der Waals surface area contributed by atoms with E-state index >= 15 is 0 Å². The van der Waals surface area contributed by atoms with Crippen molar-refractivity contribution in [3.05, 3.63) is 34.9 Å². The first-order valence-corrected chi connectivity index (χ1v) is 4.84. The first kappa shape index (κ1) is 11.2. The molecule has 0 bridgehead atoms. The van der Waals surface area contributed by atoms with Crippen molar-refractivity contribution in [2.24, 2.45) is 0 Å². The third-order valence-corrected chi connectivity index (χ3v) is 2.56. The van der Waals surface area contributed by atoms with Crippen LogP contribution in [-0.2, 0) is 4.74 Å². The first-order valence-electron chi connectivity index (χ1n) is 4.84. The van der Waals surface area contributed by atoms with Gasteiger partial charge in [-0.15, -0.1) is 0 Å². The van der Waals surface area contributed by atoms with Crippen LogP contribution < -0.4 is 0 Å². The van der Waals surface area contributed by atoms with Crippen molar-refractivity contribution >= 4 is 0 Å². The number of aryl methyl sites for hydroxylation is 2. The van der Waals surface area contributed by atoms with E-state index in [4.69, 9.17) is 4.74 Å². The highest BCUT2D eigenvalue weighted by molar-refractivity contribution is 5.32. The van der Waals surface area contributed by atoms with Crippen molar-refractivity contribution in [3.8, 4) is 0 Å². The van der Waals surface area contributed by atoms with Crippen molar-refractivity contribution in [3.63, 3.8) is 0 Å². The molecule has 0 aromatic heterocycles. The molecule has 0 aliphatic carbocycles. The van der Waals surface area contributed by atoms with Crippen LogP contribution in [0.4, 0.5) is 0 Å². The van der Waals surface area contributed by atoms with E-state index < -0.39 is 6.10 Å². The highest BCUT2D eigenvalue weighted by atomic mass is 16.5. The summed E-state index contributed by atoms with van der Waals surface area (Å²) in [5, 5.41) is 9.94. The van der Waals surface area contributed by atoms with Crippen molar-refractivity contribution < 1.29 is 9.84 Å². The van der Waals surface area contributed by atoms with Gasteiger partial charge >= 0.3 is 0 Å². The fraction of sp³-hybridized carbons (Fsp3) is 0.500. The lowest BCUT2D eigenvalue weighted by molar-refractivity contribution is -0.00173. The molecule has 0 fully saturated rings. The lowest BCUT2D eigenvalue weighted by Gasteiger charge is -2.19. The van der Waals surface area contributed by atoms with Gasteiger partial charge in [-0.25, -0.2) is 0 Å². The van der Waals surface area contributed by atoms with Crippen LogP contribution in [0.3, 0.4) is 0 Å². The van der Waals surface area contributed by atoms with Crippen molar-refractivity contribution in [2.45, 2.75) is 33.0 Å². The Morgan fingerprint density at radius 2 is 1.93 bits per heavy atom. The molecule has 2 heteroatoms. The molecule has 14 heavy (non-hydrogen) atoms. The molecule has 1 aromatic carbocycles. The van der Waals surface area contributed by atoms with Gasteiger partial charge in [-0.2, -0.15) is 0 Å². The molecular weight excluding hydrogens is 176 g/mol. The minimum absolute atomic E-state index is 0.170. The van der Waals surface area contributed by atoms with Gasteiger partial charge in [0.1, 0.15) is 6.10 Å². The van der Waals surface area contributed by atoms with Crippen LogP contribution in [0, 0.1) is 13.8 Å². The Labute approximate surface area is 85.5 Å². The molecule has 0 saturated carbocycles. The average molecular weight is 194 g/mol. The summed E-state index contributed by atoms with van der Waals surface area (Å²) in [6, 6.07) is 6.04. The second kappa shape index (κ2) is 4.58. The second-order valence-corrected chi connectivity index (χ2v) is 3.75. The van der Waals surface area contributed by atoms with E-state index in [1.165, 1.54) is 5.56 Å². The predicted octanol–water partition coefficient (Wildman–Crippen LogP) is 2.37. The molecule has 0 amide bonds. The summed E-state index contributed by atoms with van der Waals surface area (Å²) in [5.74, 6) is 0. The Hall–Kier alpha value is -0.860. The molecule has 78 valence electrons. The Morgan fingerprint density at radius 1 is 1.29 bits per heavy atom. The van der Waals surface area contributed by atoms with Crippen LogP contribution in [0.1, 0.15) is 29.7 Å². The minimum Gasteiger partial charge on any atom is -0.386 e. The summed E-state index contributed by atoms with van der Waals surface area (Å²) < 4.78 is 5.10. The van der Waals surface area contributed by atoms with E-state index in [0.29, 0.717) is 0 Å². The average Bonchev–Trinajstić information content (AvgIpc) is 2.15. The van der Waals surface area contributed by atoms with Gasteiger partial charge in [-0.3, -0.25) is 0 Å². The molecule has 0 radical (unpaired) electrons. The molecule has 0 aliphatic heterocycles. The van der Waals surface area contributed by atoms with Crippen molar-refractivity contribution in [2.75, 3.05) is 7.11 Å². The maximum Gasteiger partial charge on any atom is 0.105 e.